The van der Waals surface area contributed by atoms with Crippen molar-refractivity contribution in [2.75, 3.05) is 20.1 Å². The van der Waals surface area contributed by atoms with E-state index in [-0.39, 0.29) is 17.7 Å². The van der Waals surface area contributed by atoms with Gasteiger partial charge in [0.25, 0.3) is 5.91 Å². The fourth-order valence-electron chi connectivity index (χ4n) is 2.18. The number of piperidine rings is 1. The van der Waals surface area contributed by atoms with Crippen molar-refractivity contribution in [1.82, 2.24) is 10.2 Å². The first-order valence-corrected chi connectivity index (χ1v) is 6.85. The number of benzene rings is 1. The van der Waals surface area contributed by atoms with Gasteiger partial charge in [-0.1, -0.05) is 0 Å². The number of amides is 1. The van der Waals surface area contributed by atoms with Crippen LogP contribution in [0.4, 0.5) is 0 Å². The SMILES string of the molecule is CN(C(=O)c1ccc(Br)c(O)c1)C1CCCNC1. The predicted molar refractivity (Wildman–Crippen MR) is 73.8 cm³/mol. The largest absolute Gasteiger partial charge is 0.507 e. The molecule has 1 atom stereocenters. The molecular formula is C13H17BrN2O2. The summed E-state index contributed by atoms with van der Waals surface area (Å²) in [6, 6.07) is 5.14. The first-order valence-electron chi connectivity index (χ1n) is 6.06. The van der Waals surface area contributed by atoms with E-state index in [1.165, 1.54) is 6.07 Å². The molecule has 1 aromatic carbocycles. The van der Waals surface area contributed by atoms with Gasteiger partial charge in [0.05, 0.1) is 4.47 Å². The van der Waals surface area contributed by atoms with E-state index in [0.29, 0.717) is 10.0 Å². The summed E-state index contributed by atoms with van der Waals surface area (Å²) >= 11 is 3.21. The molecule has 4 nitrogen and oxygen atoms in total. The second-order valence-electron chi connectivity index (χ2n) is 4.58. The molecule has 2 rings (SSSR count). The quantitative estimate of drug-likeness (QED) is 0.878. The maximum Gasteiger partial charge on any atom is 0.254 e. The molecule has 0 aliphatic carbocycles. The van der Waals surface area contributed by atoms with Crippen molar-refractivity contribution in [1.29, 1.82) is 0 Å². The van der Waals surface area contributed by atoms with E-state index in [0.717, 1.165) is 25.9 Å². The molecule has 1 aromatic rings. The van der Waals surface area contributed by atoms with Gasteiger partial charge in [0, 0.05) is 25.2 Å². The van der Waals surface area contributed by atoms with Gasteiger partial charge >= 0.3 is 0 Å². The molecule has 0 saturated carbocycles. The number of likely N-dealkylation sites (N-methyl/N-ethyl adjacent to an activating group) is 1. The fourth-order valence-corrected chi connectivity index (χ4v) is 2.43. The first kappa shape index (κ1) is 13.4. The maximum absolute atomic E-state index is 12.3. The highest BCUT2D eigenvalue weighted by Crippen LogP contribution is 2.25. The monoisotopic (exact) mass is 312 g/mol. The Bertz CT molecular complexity index is 445. The Labute approximate surface area is 115 Å². The van der Waals surface area contributed by atoms with E-state index in [1.54, 1.807) is 17.0 Å². The number of rotatable bonds is 2. The Morgan fingerprint density at radius 1 is 1.56 bits per heavy atom. The third-order valence-corrected chi connectivity index (χ3v) is 4.00. The Morgan fingerprint density at radius 3 is 2.94 bits per heavy atom. The van der Waals surface area contributed by atoms with Gasteiger partial charge in [0.1, 0.15) is 5.75 Å². The summed E-state index contributed by atoms with van der Waals surface area (Å²) in [6.45, 7) is 1.86. The van der Waals surface area contributed by atoms with Gasteiger partial charge in [0.2, 0.25) is 0 Å². The summed E-state index contributed by atoms with van der Waals surface area (Å²) in [5.41, 5.74) is 0.517. The third-order valence-electron chi connectivity index (χ3n) is 3.33. The number of hydrogen-bond donors (Lipinski definition) is 2. The van der Waals surface area contributed by atoms with E-state index >= 15 is 0 Å². The van der Waals surface area contributed by atoms with Crippen molar-refractivity contribution in [3.8, 4) is 5.75 Å². The van der Waals surface area contributed by atoms with Crippen LogP contribution < -0.4 is 5.32 Å². The van der Waals surface area contributed by atoms with Crippen LogP contribution in [0.15, 0.2) is 22.7 Å². The van der Waals surface area contributed by atoms with Gasteiger partial charge in [-0.2, -0.15) is 0 Å². The fraction of sp³-hybridized carbons (Fsp3) is 0.462. The molecule has 18 heavy (non-hydrogen) atoms. The highest BCUT2D eigenvalue weighted by Gasteiger charge is 2.23. The van der Waals surface area contributed by atoms with Crippen LogP contribution in [0.5, 0.6) is 5.75 Å². The van der Waals surface area contributed by atoms with Crippen molar-refractivity contribution >= 4 is 21.8 Å². The van der Waals surface area contributed by atoms with Crippen LogP contribution in [0.1, 0.15) is 23.2 Å². The molecule has 2 N–H and O–H groups in total. The zero-order chi connectivity index (χ0) is 13.1. The van der Waals surface area contributed by atoms with Gasteiger partial charge in [-0.3, -0.25) is 4.79 Å². The van der Waals surface area contributed by atoms with E-state index in [2.05, 4.69) is 21.2 Å². The summed E-state index contributed by atoms with van der Waals surface area (Å²) in [4.78, 5) is 14.0. The van der Waals surface area contributed by atoms with E-state index in [4.69, 9.17) is 0 Å². The summed E-state index contributed by atoms with van der Waals surface area (Å²) in [5, 5.41) is 12.9. The van der Waals surface area contributed by atoms with Crippen molar-refractivity contribution in [3.05, 3.63) is 28.2 Å². The molecule has 5 heteroatoms. The van der Waals surface area contributed by atoms with Crippen LogP contribution in [0.2, 0.25) is 0 Å². The summed E-state index contributed by atoms with van der Waals surface area (Å²) in [5.74, 6) is 0.0440. The molecule has 1 aliphatic heterocycles. The van der Waals surface area contributed by atoms with Gasteiger partial charge < -0.3 is 15.3 Å². The van der Waals surface area contributed by atoms with Crippen molar-refractivity contribution in [2.45, 2.75) is 18.9 Å². The molecule has 1 aliphatic rings. The van der Waals surface area contributed by atoms with Crippen LogP contribution in [-0.2, 0) is 0 Å². The Balaban J connectivity index is 2.11. The lowest BCUT2D eigenvalue weighted by atomic mass is 10.1. The smallest absolute Gasteiger partial charge is 0.254 e. The van der Waals surface area contributed by atoms with Crippen molar-refractivity contribution in [3.63, 3.8) is 0 Å². The topological polar surface area (TPSA) is 52.6 Å². The minimum Gasteiger partial charge on any atom is -0.507 e. The predicted octanol–water partition coefficient (Wildman–Crippen LogP) is 1.98. The number of phenolic OH excluding ortho intramolecular Hbond substituents is 1. The molecule has 98 valence electrons. The molecule has 0 radical (unpaired) electrons. The maximum atomic E-state index is 12.3. The van der Waals surface area contributed by atoms with Crippen molar-refractivity contribution in [2.24, 2.45) is 0 Å². The molecule has 1 heterocycles. The average molecular weight is 313 g/mol. The standard InChI is InChI=1S/C13H17BrN2O2/c1-16(10-3-2-6-15-8-10)13(18)9-4-5-11(14)12(17)7-9/h4-5,7,10,15,17H,2-3,6,8H2,1H3. The number of carbonyl (C=O) groups excluding carboxylic acids is 1. The number of nitrogens with one attached hydrogen (secondary N) is 1. The summed E-state index contributed by atoms with van der Waals surface area (Å²) < 4.78 is 0.598. The summed E-state index contributed by atoms with van der Waals surface area (Å²) in [6.07, 6.45) is 2.12. The number of nitrogens with zero attached hydrogens (tertiary/aromatic N) is 1. The van der Waals surface area contributed by atoms with Gasteiger partial charge in [-0.15, -0.1) is 0 Å². The molecule has 1 saturated heterocycles. The van der Waals surface area contributed by atoms with Crippen LogP contribution in [-0.4, -0.2) is 42.1 Å². The van der Waals surface area contributed by atoms with Gasteiger partial charge in [-0.05, 0) is 53.5 Å². The molecule has 0 bridgehead atoms. The number of carbonyl (C=O) groups is 1. The van der Waals surface area contributed by atoms with E-state index in [1.807, 2.05) is 7.05 Å². The molecule has 0 aromatic heterocycles. The Kier molecular flexibility index (Phi) is 4.24. The van der Waals surface area contributed by atoms with Crippen LogP contribution in [0.3, 0.4) is 0 Å². The second-order valence-corrected chi connectivity index (χ2v) is 5.44. The molecule has 1 unspecified atom stereocenters. The van der Waals surface area contributed by atoms with Crippen LogP contribution in [0.25, 0.3) is 0 Å². The lowest BCUT2D eigenvalue weighted by Gasteiger charge is -2.31. The van der Waals surface area contributed by atoms with Gasteiger partial charge in [-0.25, -0.2) is 0 Å². The third kappa shape index (κ3) is 2.84. The van der Waals surface area contributed by atoms with Crippen molar-refractivity contribution < 1.29 is 9.90 Å². The van der Waals surface area contributed by atoms with Gasteiger partial charge in [0.15, 0.2) is 0 Å². The number of aromatic hydroxyl groups is 1. The molecule has 1 amide bonds. The minimum atomic E-state index is -0.0495. The molecular weight excluding hydrogens is 296 g/mol. The van der Waals surface area contributed by atoms with E-state index in [9.17, 15) is 9.90 Å². The second kappa shape index (κ2) is 5.71. The normalized spacial score (nSPS) is 19.6. The molecule has 0 spiro atoms. The zero-order valence-electron chi connectivity index (χ0n) is 10.3. The lowest BCUT2D eigenvalue weighted by Crippen LogP contribution is -2.46. The highest BCUT2D eigenvalue weighted by molar-refractivity contribution is 9.10. The summed E-state index contributed by atoms with van der Waals surface area (Å²) in [7, 11) is 1.82. The number of halogens is 1. The average Bonchev–Trinajstić information content (AvgIpc) is 2.41. The number of phenols is 1. The Morgan fingerprint density at radius 2 is 2.33 bits per heavy atom. The number of hydrogen-bond acceptors (Lipinski definition) is 3. The molecule has 1 fully saturated rings. The van der Waals surface area contributed by atoms with E-state index < -0.39 is 0 Å². The van der Waals surface area contributed by atoms with Crippen LogP contribution in [0, 0.1) is 0 Å². The van der Waals surface area contributed by atoms with Crippen LogP contribution >= 0.6 is 15.9 Å². The minimum absolute atomic E-state index is 0.0495. The first-order chi connectivity index (χ1) is 8.59. The lowest BCUT2D eigenvalue weighted by molar-refractivity contribution is 0.0708. The Hall–Kier alpha value is -1.07. The highest BCUT2D eigenvalue weighted by atomic mass is 79.9. The zero-order valence-corrected chi connectivity index (χ0v) is 11.9.